The Balaban J connectivity index is 1.91. The van der Waals surface area contributed by atoms with Crippen LogP contribution < -0.4 is 5.32 Å². The Labute approximate surface area is 140 Å². The van der Waals surface area contributed by atoms with Crippen molar-refractivity contribution in [3.05, 3.63) is 48.6 Å². The van der Waals surface area contributed by atoms with E-state index in [-0.39, 0.29) is 0 Å². The third-order valence-corrected chi connectivity index (χ3v) is 4.66. The number of nitrogens with zero attached hydrogens (tertiary/aromatic N) is 1. The summed E-state index contributed by atoms with van der Waals surface area (Å²) in [6.07, 6.45) is 11.2. The normalized spacial score (nSPS) is 16.4. The van der Waals surface area contributed by atoms with Gasteiger partial charge in [-0.05, 0) is 30.6 Å². The second-order valence-corrected chi connectivity index (χ2v) is 6.53. The largest absolute Gasteiger partial charge is 0.360 e. The van der Waals surface area contributed by atoms with Crippen molar-refractivity contribution in [1.82, 2.24) is 10.2 Å². The lowest BCUT2D eigenvalue weighted by atomic mass is 9.97. The van der Waals surface area contributed by atoms with Crippen molar-refractivity contribution >= 4 is 17.3 Å². The van der Waals surface area contributed by atoms with E-state index >= 15 is 0 Å². The third kappa shape index (κ3) is 5.80. The highest BCUT2D eigenvalue weighted by Gasteiger charge is 2.15. The van der Waals surface area contributed by atoms with Crippen LogP contribution in [0.15, 0.2) is 43.0 Å². The number of thiocarbonyl (C=S) groups is 1. The fraction of sp³-hybridized carbons (Fsp3) is 0.526. The van der Waals surface area contributed by atoms with Gasteiger partial charge in [-0.25, -0.2) is 0 Å². The lowest BCUT2D eigenvalue weighted by molar-refractivity contribution is 0.394. The van der Waals surface area contributed by atoms with Crippen LogP contribution in [0.1, 0.15) is 50.5 Å². The standard InChI is InChI=1S/C19H28N2S/c1-2-15-21(16-17-11-7-6-8-12-17)19(22)20-18-13-9-4-3-5-10-14-18/h2,6-8,11-12,18H,1,3-5,9-10,13-16H2,(H,20,22). The molecule has 0 aromatic heterocycles. The fourth-order valence-electron chi connectivity index (χ4n) is 3.05. The molecule has 1 fully saturated rings. The molecule has 1 aromatic rings. The average molecular weight is 317 g/mol. The smallest absolute Gasteiger partial charge is 0.169 e. The summed E-state index contributed by atoms with van der Waals surface area (Å²) in [5.41, 5.74) is 1.28. The molecule has 0 radical (unpaired) electrons. The molecule has 0 saturated heterocycles. The Kier molecular flexibility index (Phi) is 7.44. The van der Waals surface area contributed by atoms with E-state index in [1.807, 2.05) is 12.1 Å². The van der Waals surface area contributed by atoms with Gasteiger partial charge in [-0.1, -0.05) is 68.5 Å². The number of nitrogens with one attached hydrogen (secondary N) is 1. The molecular formula is C19H28N2S. The summed E-state index contributed by atoms with van der Waals surface area (Å²) >= 11 is 5.67. The first-order valence-electron chi connectivity index (χ1n) is 8.50. The predicted octanol–water partition coefficient (Wildman–Crippen LogP) is 4.66. The van der Waals surface area contributed by atoms with Crippen LogP contribution in [0.3, 0.4) is 0 Å². The van der Waals surface area contributed by atoms with Crippen LogP contribution in [0.2, 0.25) is 0 Å². The van der Waals surface area contributed by atoms with Crippen LogP contribution in [-0.4, -0.2) is 22.6 Å². The van der Waals surface area contributed by atoms with Gasteiger partial charge in [0.2, 0.25) is 0 Å². The number of hydrogen-bond acceptors (Lipinski definition) is 1. The maximum Gasteiger partial charge on any atom is 0.169 e. The summed E-state index contributed by atoms with van der Waals surface area (Å²) in [6, 6.07) is 11.0. The molecule has 22 heavy (non-hydrogen) atoms. The van der Waals surface area contributed by atoms with Crippen LogP contribution in [0.25, 0.3) is 0 Å². The van der Waals surface area contributed by atoms with Gasteiger partial charge in [0.15, 0.2) is 5.11 Å². The zero-order valence-corrected chi connectivity index (χ0v) is 14.3. The Bertz CT molecular complexity index is 450. The Hall–Kier alpha value is -1.35. The molecule has 2 rings (SSSR count). The Morgan fingerprint density at radius 1 is 1.14 bits per heavy atom. The highest BCUT2D eigenvalue weighted by molar-refractivity contribution is 7.80. The van der Waals surface area contributed by atoms with E-state index in [0.29, 0.717) is 6.04 Å². The minimum absolute atomic E-state index is 0.538. The van der Waals surface area contributed by atoms with Gasteiger partial charge in [0.1, 0.15) is 0 Å². The third-order valence-electron chi connectivity index (χ3n) is 4.29. The number of hydrogen-bond donors (Lipinski definition) is 1. The topological polar surface area (TPSA) is 15.3 Å². The lowest BCUT2D eigenvalue weighted by Gasteiger charge is -2.29. The first-order valence-corrected chi connectivity index (χ1v) is 8.90. The van der Waals surface area contributed by atoms with Crippen LogP contribution in [0.5, 0.6) is 0 Å². The molecule has 0 atom stereocenters. The minimum atomic E-state index is 0.538. The molecule has 0 spiro atoms. The fourth-order valence-corrected chi connectivity index (χ4v) is 3.35. The van der Waals surface area contributed by atoms with Crippen LogP contribution in [0, 0.1) is 0 Å². The van der Waals surface area contributed by atoms with E-state index in [1.54, 1.807) is 0 Å². The molecule has 0 heterocycles. The molecule has 1 aromatic carbocycles. The van der Waals surface area contributed by atoms with Crippen LogP contribution >= 0.6 is 12.2 Å². The van der Waals surface area contributed by atoms with Gasteiger partial charge >= 0.3 is 0 Å². The van der Waals surface area contributed by atoms with Gasteiger partial charge in [-0.15, -0.1) is 6.58 Å². The molecule has 1 aliphatic rings. The molecular weight excluding hydrogens is 288 g/mol. The van der Waals surface area contributed by atoms with E-state index in [0.717, 1.165) is 18.2 Å². The number of rotatable bonds is 5. The summed E-state index contributed by atoms with van der Waals surface area (Å²) < 4.78 is 0. The van der Waals surface area contributed by atoms with E-state index < -0.39 is 0 Å². The minimum Gasteiger partial charge on any atom is -0.360 e. The van der Waals surface area contributed by atoms with Crippen molar-refractivity contribution < 1.29 is 0 Å². The average Bonchev–Trinajstić information content (AvgIpc) is 2.50. The van der Waals surface area contributed by atoms with Crippen LogP contribution in [0.4, 0.5) is 0 Å². The lowest BCUT2D eigenvalue weighted by Crippen LogP contribution is -2.44. The molecule has 3 heteroatoms. The molecule has 0 aliphatic heterocycles. The van der Waals surface area contributed by atoms with Gasteiger partial charge in [0.25, 0.3) is 0 Å². The molecule has 0 unspecified atom stereocenters. The molecule has 1 N–H and O–H groups in total. The summed E-state index contributed by atoms with van der Waals surface area (Å²) in [6.45, 7) is 5.49. The maximum absolute atomic E-state index is 5.67. The predicted molar refractivity (Wildman–Crippen MR) is 98.9 cm³/mol. The Morgan fingerprint density at radius 2 is 1.77 bits per heavy atom. The summed E-state index contributed by atoms with van der Waals surface area (Å²) in [4.78, 5) is 2.20. The summed E-state index contributed by atoms with van der Waals surface area (Å²) in [5, 5.41) is 4.47. The summed E-state index contributed by atoms with van der Waals surface area (Å²) in [7, 11) is 0. The molecule has 0 amide bonds. The van der Waals surface area contributed by atoms with Crippen molar-refractivity contribution in [1.29, 1.82) is 0 Å². The maximum atomic E-state index is 5.67. The monoisotopic (exact) mass is 316 g/mol. The first kappa shape index (κ1) is 17.0. The zero-order chi connectivity index (χ0) is 15.6. The first-order chi connectivity index (χ1) is 10.8. The molecule has 1 aliphatic carbocycles. The van der Waals surface area contributed by atoms with E-state index in [9.17, 15) is 0 Å². The van der Waals surface area contributed by atoms with E-state index in [1.165, 1.54) is 50.5 Å². The van der Waals surface area contributed by atoms with Gasteiger partial charge < -0.3 is 10.2 Å². The van der Waals surface area contributed by atoms with Gasteiger partial charge in [0.05, 0.1) is 0 Å². The second kappa shape index (κ2) is 9.62. The molecule has 120 valence electrons. The quantitative estimate of drug-likeness (QED) is 0.628. The highest BCUT2D eigenvalue weighted by atomic mass is 32.1. The molecule has 2 nitrogen and oxygen atoms in total. The highest BCUT2D eigenvalue weighted by Crippen LogP contribution is 2.17. The van der Waals surface area contributed by atoms with E-state index in [4.69, 9.17) is 12.2 Å². The summed E-state index contributed by atoms with van der Waals surface area (Å²) in [5.74, 6) is 0. The molecule has 1 saturated carbocycles. The Morgan fingerprint density at radius 3 is 2.41 bits per heavy atom. The van der Waals surface area contributed by atoms with Gasteiger partial charge in [0, 0.05) is 19.1 Å². The second-order valence-electron chi connectivity index (χ2n) is 6.15. The molecule has 0 bridgehead atoms. The number of benzene rings is 1. The van der Waals surface area contributed by atoms with E-state index in [2.05, 4.69) is 41.1 Å². The van der Waals surface area contributed by atoms with Crippen molar-refractivity contribution in [2.75, 3.05) is 6.54 Å². The van der Waals surface area contributed by atoms with Crippen LogP contribution in [-0.2, 0) is 6.54 Å². The zero-order valence-electron chi connectivity index (χ0n) is 13.5. The van der Waals surface area contributed by atoms with Crippen molar-refractivity contribution in [2.45, 2.75) is 57.5 Å². The van der Waals surface area contributed by atoms with Crippen molar-refractivity contribution in [3.8, 4) is 0 Å². The van der Waals surface area contributed by atoms with Crippen molar-refractivity contribution in [3.63, 3.8) is 0 Å². The SMILES string of the molecule is C=CCN(Cc1ccccc1)C(=S)NC1CCCCCCC1. The van der Waals surface area contributed by atoms with Gasteiger partial charge in [-0.3, -0.25) is 0 Å². The van der Waals surface area contributed by atoms with Crippen molar-refractivity contribution in [2.24, 2.45) is 0 Å². The van der Waals surface area contributed by atoms with Gasteiger partial charge in [-0.2, -0.15) is 0 Å².